The van der Waals surface area contributed by atoms with Crippen LogP contribution in [0.4, 0.5) is 0 Å². The maximum absolute atomic E-state index is 10.9. The fourth-order valence-corrected chi connectivity index (χ4v) is 1.73. The monoisotopic (exact) mass is 256 g/mol. The van der Waals surface area contributed by atoms with E-state index in [0.29, 0.717) is 18.7 Å². The third kappa shape index (κ3) is 3.86. The van der Waals surface area contributed by atoms with Crippen LogP contribution in [0.25, 0.3) is 0 Å². The van der Waals surface area contributed by atoms with Crippen LogP contribution in [0, 0.1) is 6.92 Å². The van der Waals surface area contributed by atoms with Gasteiger partial charge in [-0.15, -0.1) is 0 Å². The molecule has 19 heavy (non-hydrogen) atoms. The number of hydrogen-bond acceptors (Lipinski definition) is 4. The summed E-state index contributed by atoms with van der Waals surface area (Å²) in [6.45, 7) is 3.26. The number of nitrogens with one attached hydrogen (secondary N) is 1. The van der Waals surface area contributed by atoms with E-state index < -0.39 is 5.91 Å². The SMILES string of the molecule is Cc1nccc(CNCc2ccc(C(N)=O)cc2)n1. The molecule has 0 aliphatic carbocycles. The average molecular weight is 256 g/mol. The van der Waals surface area contributed by atoms with Crippen LogP contribution in [-0.2, 0) is 13.1 Å². The van der Waals surface area contributed by atoms with Crippen molar-refractivity contribution in [3.05, 3.63) is 59.2 Å². The third-order valence-corrected chi connectivity index (χ3v) is 2.71. The highest BCUT2D eigenvalue weighted by atomic mass is 16.1. The molecule has 1 aromatic carbocycles. The van der Waals surface area contributed by atoms with E-state index >= 15 is 0 Å². The molecule has 0 atom stereocenters. The molecule has 0 radical (unpaired) electrons. The van der Waals surface area contributed by atoms with Crippen molar-refractivity contribution < 1.29 is 4.79 Å². The summed E-state index contributed by atoms with van der Waals surface area (Å²) < 4.78 is 0. The minimum absolute atomic E-state index is 0.407. The molecule has 0 fully saturated rings. The molecule has 0 saturated heterocycles. The van der Waals surface area contributed by atoms with E-state index in [2.05, 4.69) is 15.3 Å². The van der Waals surface area contributed by atoms with Crippen LogP contribution in [0.2, 0.25) is 0 Å². The molecule has 5 heteroatoms. The van der Waals surface area contributed by atoms with Crippen molar-refractivity contribution in [2.45, 2.75) is 20.0 Å². The summed E-state index contributed by atoms with van der Waals surface area (Å²) in [7, 11) is 0. The average Bonchev–Trinajstić information content (AvgIpc) is 2.39. The number of benzene rings is 1. The summed E-state index contributed by atoms with van der Waals surface area (Å²) in [6.07, 6.45) is 1.75. The van der Waals surface area contributed by atoms with Gasteiger partial charge in [0.15, 0.2) is 0 Å². The van der Waals surface area contributed by atoms with Crippen molar-refractivity contribution in [1.29, 1.82) is 0 Å². The van der Waals surface area contributed by atoms with E-state index in [9.17, 15) is 4.79 Å². The molecule has 3 N–H and O–H groups in total. The topological polar surface area (TPSA) is 80.9 Å². The van der Waals surface area contributed by atoms with Gasteiger partial charge >= 0.3 is 0 Å². The van der Waals surface area contributed by atoms with Crippen molar-refractivity contribution in [2.24, 2.45) is 5.73 Å². The van der Waals surface area contributed by atoms with Crippen LogP contribution in [0.5, 0.6) is 0 Å². The molecule has 0 aliphatic heterocycles. The molecule has 0 aliphatic rings. The maximum atomic E-state index is 10.9. The Balaban J connectivity index is 1.87. The predicted octanol–water partition coefficient (Wildman–Crippen LogP) is 1.17. The van der Waals surface area contributed by atoms with Crippen LogP contribution < -0.4 is 11.1 Å². The van der Waals surface area contributed by atoms with Gasteiger partial charge in [0.25, 0.3) is 0 Å². The standard InChI is InChI=1S/C14H16N4O/c1-10-17-7-6-13(18-10)9-16-8-11-2-4-12(5-3-11)14(15)19/h2-7,16H,8-9H2,1H3,(H2,15,19). The number of amides is 1. The Kier molecular flexibility index (Phi) is 4.20. The minimum Gasteiger partial charge on any atom is -0.366 e. The summed E-state index contributed by atoms with van der Waals surface area (Å²) in [6, 6.07) is 9.12. The number of primary amides is 1. The van der Waals surface area contributed by atoms with Gasteiger partial charge in [-0.2, -0.15) is 0 Å². The lowest BCUT2D eigenvalue weighted by atomic mass is 10.1. The van der Waals surface area contributed by atoms with Crippen molar-refractivity contribution in [3.8, 4) is 0 Å². The van der Waals surface area contributed by atoms with Gasteiger partial charge in [-0.05, 0) is 30.7 Å². The zero-order valence-electron chi connectivity index (χ0n) is 10.8. The first-order chi connectivity index (χ1) is 9.15. The number of rotatable bonds is 5. The first-order valence-corrected chi connectivity index (χ1v) is 6.03. The molecule has 1 aromatic heterocycles. The largest absolute Gasteiger partial charge is 0.366 e. The Hall–Kier alpha value is -2.27. The second-order valence-electron chi connectivity index (χ2n) is 4.26. The Morgan fingerprint density at radius 3 is 2.58 bits per heavy atom. The molecule has 1 amide bonds. The molecular weight excluding hydrogens is 240 g/mol. The molecule has 0 spiro atoms. The molecule has 2 aromatic rings. The number of hydrogen-bond donors (Lipinski definition) is 2. The van der Waals surface area contributed by atoms with E-state index in [1.807, 2.05) is 25.1 Å². The Labute approximate surface area is 111 Å². The molecule has 2 rings (SSSR count). The van der Waals surface area contributed by atoms with E-state index in [0.717, 1.165) is 17.1 Å². The van der Waals surface area contributed by atoms with Crippen LogP contribution in [0.1, 0.15) is 27.4 Å². The zero-order valence-corrected chi connectivity index (χ0v) is 10.8. The van der Waals surface area contributed by atoms with Crippen molar-refractivity contribution in [1.82, 2.24) is 15.3 Å². The van der Waals surface area contributed by atoms with E-state index in [1.54, 1.807) is 18.3 Å². The highest BCUT2D eigenvalue weighted by Crippen LogP contribution is 2.04. The van der Waals surface area contributed by atoms with Gasteiger partial charge in [0.05, 0.1) is 5.69 Å². The van der Waals surface area contributed by atoms with Crippen LogP contribution in [0.3, 0.4) is 0 Å². The summed E-state index contributed by atoms with van der Waals surface area (Å²) in [4.78, 5) is 19.3. The quantitative estimate of drug-likeness (QED) is 0.841. The van der Waals surface area contributed by atoms with Crippen LogP contribution >= 0.6 is 0 Å². The first-order valence-electron chi connectivity index (χ1n) is 6.03. The predicted molar refractivity (Wildman–Crippen MR) is 72.3 cm³/mol. The number of nitrogens with two attached hydrogens (primary N) is 1. The van der Waals surface area contributed by atoms with Gasteiger partial charge in [0.2, 0.25) is 5.91 Å². The summed E-state index contributed by atoms with van der Waals surface area (Å²) in [5.74, 6) is 0.362. The minimum atomic E-state index is -0.407. The fraction of sp³-hybridized carbons (Fsp3) is 0.214. The first kappa shape index (κ1) is 13.2. The zero-order chi connectivity index (χ0) is 13.7. The number of nitrogens with zero attached hydrogens (tertiary/aromatic N) is 2. The molecule has 0 bridgehead atoms. The lowest BCUT2D eigenvalue weighted by molar-refractivity contribution is 0.100. The van der Waals surface area contributed by atoms with Crippen LogP contribution in [-0.4, -0.2) is 15.9 Å². The van der Waals surface area contributed by atoms with E-state index in [1.165, 1.54) is 0 Å². The van der Waals surface area contributed by atoms with E-state index in [-0.39, 0.29) is 0 Å². The molecule has 1 heterocycles. The van der Waals surface area contributed by atoms with Crippen molar-refractivity contribution in [2.75, 3.05) is 0 Å². The number of carbonyl (C=O) groups excluding carboxylic acids is 1. The normalized spacial score (nSPS) is 10.4. The number of carbonyl (C=O) groups is 1. The third-order valence-electron chi connectivity index (χ3n) is 2.71. The Morgan fingerprint density at radius 2 is 1.95 bits per heavy atom. The van der Waals surface area contributed by atoms with Gasteiger partial charge in [0.1, 0.15) is 5.82 Å². The maximum Gasteiger partial charge on any atom is 0.248 e. The highest BCUT2D eigenvalue weighted by Gasteiger charge is 2.00. The Bertz CT molecular complexity index is 566. The lowest BCUT2D eigenvalue weighted by Gasteiger charge is -2.05. The fourth-order valence-electron chi connectivity index (χ4n) is 1.73. The lowest BCUT2D eigenvalue weighted by Crippen LogP contribution is -2.15. The number of aromatic nitrogens is 2. The van der Waals surface area contributed by atoms with Crippen LogP contribution in [0.15, 0.2) is 36.5 Å². The Morgan fingerprint density at radius 1 is 1.21 bits per heavy atom. The molecular formula is C14H16N4O. The summed E-state index contributed by atoms with van der Waals surface area (Å²) >= 11 is 0. The van der Waals surface area contributed by atoms with Gasteiger partial charge in [-0.25, -0.2) is 9.97 Å². The second kappa shape index (κ2) is 6.06. The summed E-state index contributed by atoms with van der Waals surface area (Å²) in [5, 5.41) is 3.29. The smallest absolute Gasteiger partial charge is 0.248 e. The second-order valence-corrected chi connectivity index (χ2v) is 4.26. The molecule has 0 unspecified atom stereocenters. The highest BCUT2D eigenvalue weighted by molar-refractivity contribution is 5.92. The molecule has 5 nitrogen and oxygen atoms in total. The van der Waals surface area contributed by atoms with Gasteiger partial charge < -0.3 is 11.1 Å². The van der Waals surface area contributed by atoms with Gasteiger partial charge in [-0.3, -0.25) is 4.79 Å². The van der Waals surface area contributed by atoms with Crippen molar-refractivity contribution in [3.63, 3.8) is 0 Å². The van der Waals surface area contributed by atoms with Crippen molar-refractivity contribution >= 4 is 5.91 Å². The number of aryl methyl sites for hydroxylation is 1. The van der Waals surface area contributed by atoms with Gasteiger partial charge in [0, 0.05) is 24.8 Å². The summed E-state index contributed by atoms with van der Waals surface area (Å²) in [5.41, 5.74) is 7.76. The molecule has 0 saturated carbocycles. The van der Waals surface area contributed by atoms with Gasteiger partial charge in [-0.1, -0.05) is 12.1 Å². The van der Waals surface area contributed by atoms with E-state index in [4.69, 9.17) is 5.73 Å². The molecule has 98 valence electrons.